The van der Waals surface area contributed by atoms with Gasteiger partial charge in [-0.3, -0.25) is 9.59 Å². The number of hydrogen-bond donors (Lipinski definition) is 0. The van der Waals surface area contributed by atoms with Crippen LogP contribution >= 0.6 is 22.7 Å². The van der Waals surface area contributed by atoms with Gasteiger partial charge in [0.2, 0.25) is 5.01 Å². The van der Waals surface area contributed by atoms with Crippen molar-refractivity contribution in [1.82, 2.24) is 15.1 Å². The van der Waals surface area contributed by atoms with Crippen molar-refractivity contribution in [3.63, 3.8) is 0 Å². The Morgan fingerprint density at radius 2 is 2.22 bits per heavy atom. The molecule has 0 bridgehead atoms. The number of aromatic nitrogens is 2. The molecular formula is C16H19N3O2S2. The summed E-state index contributed by atoms with van der Waals surface area (Å²) in [6, 6.07) is 3.70. The molecule has 1 atom stereocenters. The Labute approximate surface area is 143 Å². The highest BCUT2D eigenvalue weighted by Gasteiger charge is 2.33. The summed E-state index contributed by atoms with van der Waals surface area (Å²) < 4.78 is 0. The second-order valence-electron chi connectivity index (χ2n) is 6.00. The summed E-state index contributed by atoms with van der Waals surface area (Å²) in [7, 11) is 0. The van der Waals surface area contributed by atoms with Crippen molar-refractivity contribution in [1.29, 1.82) is 0 Å². The van der Waals surface area contributed by atoms with E-state index in [1.54, 1.807) is 4.90 Å². The molecule has 1 aliphatic heterocycles. The van der Waals surface area contributed by atoms with Crippen molar-refractivity contribution < 1.29 is 9.59 Å². The van der Waals surface area contributed by atoms with Crippen LogP contribution in [-0.2, 0) is 0 Å². The van der Waals surface area contributed by atoms with Crippen molar-refractivity contribution in [2.24, 2.45) is 0 Å². The van der Waals surface area contributed by atoms with Gasteiger partial charge >= 0.3 is 0 Å². The molecule has 0 radical (unpaired) electrons. The number of hydrogen-bond acceptors (Lipinski definition) is 6. The van der Waals surface area contributed by atoms with E-state index in [4.69, 9.17) is 0 Å². The fraction of sp³-hybridized carbons (Fsp3) is 0.500. The van der Waals surface area contributed by atoms with Gasteiger partial charge in [0, 0.05) is 24.9 Å². The van der Waals surface area contributed by atoms with Crippen LogP contribution in [-0.4, -0.2) is 39.4 Å². The molecule has 7 heteroatoms. The number of thiophene rings is 1. The van der Waals surface area contributed by atoms with Crippen LogP contribution in [0.1, 0.15) is 63.5 Å². The molecular weight excluding hydrogens is 330 g/mol. The second kappa shape index (κ2) is 6.88. The van der Waals surface area contributed by atoms with Crippen molar-refractivity contribution in [3.8, 4) is 0 Å². The van der Waals surface area contributed by atoms with Gasteiger partial charge < -0.3 is 4.90 Å². The standard InChI is InChI=1S/C16H19N3O2S2/c1-10(2)14-17-18-15(23-14)16(21)19-7-3-5-11(19)9-12(20)13-6-4-8-22-13/h4,6,8,10-11H,3,5,7,9H2,1-2H3/t11-/m0/s1. The summed E-state index contributed by atoms with van der Waals surface area (Å²) in [5, 5.41) is 11.3. The Bertz CT molecular complexity index is 694. The van der Waals surface area contributed by atoms with Gasteiger partial charge in [-0.05, 0) is 24.3 Å². The zero-order valence-electron chi connectivity index (χ0n) is 13.2. The van der Waals surface area contributed by atoms with E-state index >= 15 is 0 Å². The monoisotopic (exact) mass is 349 g/mol. The van der Waals surface area contributed by atoms with Gasteiger partial charge in [0.25, 0.3) is 5.91 Å². The summed E-state index contributed by atoms with van der Waals surface area (Å²) in [5.74, 6) is 0.296. The first-order chi connectivity index (χ1) is 11.1. The van der Waals surface area contributed by atoms with Gasteiger partial charge in [-0.15, -0.1) is 21.5 Å². The van der Waals surface area contributed by atoms with Gasteiger partial charge in [0.15, 0.2) is 5.78 Å². The molecule has 1 aliphatic rings. The van der Waals surface area contributed by atoms with Gasteiger partial charge in [0.05, 0.1) is 4.88 Å². The molecule has 2 aromatic heterocycles. The first kappa shape index (κ1) is 16.3. The third-order valence-electron chi connectivity index (χ3n) is 3.97. The maximum absolute atomic E-state index is 12.7. The average Bonchev–Trinajstić information content (AvgIpc) is 3.27. The van der Waals surface area contributed by atoms with Crippen molar-refractivity contribution in [2.45, 2.75) is 45.1 Å². The smallest absolute Gasteiger partial charge is 0.285 e. The lowest BCUT2D eigenvalue weighted by atomic mass is 10.1. The molecule has 0 spiro atoms. The molecule has 3 rings (SSSR count). The normalized spacial score (nSPS) is 17.9. The van der Waals surface area contributed by atoms with Crippen LogP contribution in [0.3, 0.4) is 0 Å². The molecule has 1 amide bonds. The van der Waals surface area contributed by atoms with E-state index in [1.807, 2.05) is 31.4 Å². The van der Waals surface area contributed by atoms with Gasteiger partial charge in [-0.1, -0.05) is 31.3 Å². The molecule has 0 aromatic carbocycles. The zero-order chi connectivity index (χ0) is 16.4. The van der Waals surface area contributed by atoms with E-state index < -0.39 is 0 Å². The summed E-state index contributed by atoms with van der Waals surface area (Å²) >= 11 is 2.81. The Hall–Kier alpha value is -1.60. The van der Waals surface area contributed by atoms with E-state index in [1.165, 1.54) is 22.7 Å². The lowest BCUT2D eigenvalue weighted by molar-refractivity contribution is 0.0716. The van der Waals surface area contributed by atoms with Crippen LogP contribution in [0.2, 0.25) is 0 Å². The maximum atomic E-state index is 12.7. The van der Waals surface area contributed by atoms with E-state index in [-0.39, 0.29) is 23.7 Å². The van der Waals surface area contributed by atoms with Crippen LogP contribution < -0.4 is 0 Å². The highest BCUT2D eigenvalue weighted by Crippen LogP contribution is 2.27. The minimum Gasteiger partial charge on any atom is -0.333 e. The minimum absolute atomic E-state index is 0.0245. The van der Waals surface area contributed by atoms with Crippen molar-refractivity contribution in [2.75, 3.05) is 6.54 Å². The molecule has 5 nitrogen and oxygen atoms in total. The van der Waals surface area contributed by atoms with E-state index in [0.29, 0.717) is 18.0 Å². The zero-order valence-corrected chi connectivity index (χ0v) is 14.8. The van der Waals surface area contributed by atoms with E-state index in [0.717, 1.165) is 22.7 Å². The largest absolute Gasteiger partial charge is 0.333 e. The highest BCUT2D eigenvalue weighted by molar-refractivity contribution is 7.13. The number of nitrogens with zero attached hydrogens (tertiary/aromatic N) is 3. The lowest BCUT2D eigenvalue weighted by Gasteiger charge is -2.22. The number of likely N-dealkylation sites (tertiary alicyclic amines) is 1. The van der Waals surface area contributed by atoms with Crippen LogP contribution in [0, 0.1) is 0 Å². The minimum atomic E-state index is -0.0871. The molecule has 3 heterocycles. The Morgan fingerprint density at radius 1 is 1.39 bits per heavy atom. The number of Topliss-reactive ketones (excluding diaryl/α,β-unsaturated/α-hetero) is 1. The Balaban J connectivity index is 1.70. The van der Waals surface area contributed by atoms with Crippen molar-refractivity contribution in [3.05, 3.63) is 32.4 Å². The molecule has 0 aliphatic carbocycles. The highest BCUT2D eigenvalue weighted by atomic mass is 32.1. The van der Waals surface area contributed by atoms with E-state index in [2.05, 4.69) is 10.2 Å². The molecule has 0 N–H and O–H groups in total. The SMILES string of the molecule is CC(C)c1nnc(C(=O)N2CCC[C@H]2CC(=O)c2cccs2)s1. The van der Waals surface area contributed by atoms with Gasteiger partial charge in [-0.25, -0.2) is 0 Å². The second-order valence-corrected chi connectivity index (χ2v) is 7.96. The lowest BCUT2D eigenvalue weighted by Crippen LogP contribution is -2.36. The third-order valence-corrected chi connectivity index (χ3v) is 6.10. The average molecular weight is 349 g/mol. The van der Waals surface area contributed by atoms with Crippen LogP contribution in [0.5, 0.6) is 0 Å². The summed E-state index contributed by atoms with van der Waals surface area (Å²) in [4.78, 5) is 27.6. The maximum Gasteiger partial charge on any atom is 0.285 e. The van der Waals surface area contributed by atoms with Gasteiger partial charge in [-0.2, -0.15) is 0 Å². The predicted octanol–water partition coefficient (Wildman–Crippen LogP) is 3.60. The molecule has 122 valence electrons. The fourth-order valence-corrected chi connectivity index (χ4v) is 4.22. The first-order valence-corrected chi connectivity index (χ1v) is 9.47. The van der Waals surface area contributed by atoms with Gasteiger partial charge in [0.1, 0.15) is 5.01 Å². The fourth-order valence-electron chi connectivity index (χ4n) is 2.74. The quantitative estimate of drug-likeness (QED) is 0.774. The first-order valence-electron chi connectivity index (χ1n) is 7.77. The number of carbonyl (C=O) groups excluding carboxylic acids is 2. The summed E-state index contributed by atoms with van der Waals surface area (Å²) in [6.07, 6.45) is 2.20. The molecule has 23 heavy (non-hydrogen) atoms. The predicted molar refractivity (Wildman–Crippen MR) is 91.3 cm³/mol. The van der Waals surface area contributed by atoms with Crippen LogP contribution in [0.25, 0.3) is 0 Å². The van der Waals surface area contributed by atoms with Crippen LogP contribution in [0.15, 0.2) is 17.5 Å². The Kier molecular flexibility index (Phi) is 4.87. The molecule has 0 unspecified atom stereocenters. The topological polar surface area (TPSA) is 63.2 Å². The van der Waals surface area contributed by atoms with Crippen molar-refractivity contribution >= 4 is 34.4 Å². The molecule has 2 aromatic rings. The van der Waals surface area contributed by atoms with E-state index in [9.17, 15) is 9.59 Å². The Morgan fingerprint density at radius 3 is 2.87 bits per heavy atom. The summed E-state index contributed by atoms with van der Waals surface area (Å²) in [6.45, 7) is 4.76. The molecule has 0 saturated carbocycles. The number of rotatable bonds is 5. The molecule has 1 saturated heterocycles. The number of carbonyl (C=O) groups is 2. The number of ketones is 1. The molecule has 1 fully saturated rings. The number of amides is 1. The van der Waals surface area contributed by atoms with Crippen LogP contribution in [0.4, 0.5) is 0 Å². The third kappa shape index (κ3) is 3.50. The summed E-state index contributed by atoms with van der Waals surface area (Å²) in [5.41, 5.74) is 0.